The van der Waals surface area contributed by atoms with E-state index in [2.05, 4.69) is 21.0 Å². The van der Waals surface area contributed by atoms with E-state index in [1.807, 2.05) is 11.6 Å². The average molecular weight is 343 g/mol. The molecule has 5 nitrogen and oxygen atoms in total. The van der Waals surface area contributed by atoms with Gasteiger partial charge in [-0.15, -0.1) is 0 Å². The van der Waals surface area contributed by atoms with Crippen molar-refractivity contribution in [1.82, 2.24) is 9.78 Å². The van der Waals surface area contributed by atoms with Gasteiger partial charge >= 0.3 is 5.97 Å². The van der Waals surface area contributed by atoms with Gasteiger partial charge in [-0.3, -0.25) is 0 Å². The Morgan fingerprint density at radius 2 is 2.40 bits per heavy atom. The fraction of sp³-hybridized carbons (Fsp3) is 0.571. The van der Waals surface area contributed by atoms with Crippen molar-refractivity contribution < 1.29 is 14.3 Å². The standard InChI is InChI=1S/C14H19BrN2O3/c1-3-19-13(18)8-7-11-14(15)10(2)16-17(11)12-6-4-5-9-20-12/h7-8,12H,3-6,9H2,1-2H3/b8-7+. The number of esters is 1. The molecule has 1 aliphatic rings. The third kappa shape index (κ3) is 3.49. The van der Waals surface area contributed by atoms with Gasteiger partial charge in [0.15, 0.2) is 6.23 Å². The summed E-state index contributed by atoms with van der Waals surface area (Å²) in [6, 6.07) is 0. The Labute approximate surface area is 127 Å². The van der Waals surface area contributed by atoms with Gasteiger partial charge in [-0.25, -0.2) is 9.48 Å². The van der Waals surface area contributed by atoms with Crippen LogP contribution in [0.25, 0.3) is 6.08 Å². The van der Waals surface area contributed by atoms with Crippen LogP contribution in [0.1, 0.15) is 43.8 Å². The summed E-state index contributed by atoms with van der Waals surface area (Å²) < 4.78 is 13.4. The molecule has 0 aliphatic carbocycles. The van der Waals surface area contributed by atoms with Crippen LogP contribution in [-0.2, 0) is 14.3 Å². The number of halogens is 1. The van der Waals surface area contributed by atoms with Crippen molar-refractivity contribution in [2.24, 2.45) is 0 Å². The first-order chi connectivity index (χ1) is 9.63. The maximum Gasteiger partial charge on any atom is 0.330 e. The quantitative estimate of drug-likeness (QED) is 0.622. The van der Waals surface area contributed by atoms with Crippen LogP contribution in [0.4, 0.5) is 0 Å². The van der Waals surface area contributed by atoms with Gasteiger partial charge in [-0.1, -0.05) is 0 Å². The fourth-order valence-corrected chi connectivity index (χ4v) is 2.56. The zero-order valence-electron chi connectivity index (χ0n) is 11.8. The highest BCUT2D eigenvalue weighted by Gasteiger charge is 2.21. The summed E-state index contributed by atoms with van der Waals surface area (Å²) in [7, 11) is 0. The Morgan fingerprint density at radius 3 is 3.05 bits per heavy atom. The molecule has 1 saturated heterocycles. The minimum Gasteiger partial charge on any atom is -0.463 e. The minimum atomic E-state index is -0.352. The van der Waals surface area contributed by atoms with Gasteiger partial charge in [-0.2, -0.15) is 5.10 Å². The molecule has 0 N–H and O–H groups in total. The molecule has 0 bridgehead atoms. The van der Waals surface area contributed by atoms with Crippen molar-refractivity contribution in [3.63, 3.8) is 0 Å². The van der Waals surface area contributed by atoms with E-state index in [9.17, 15) is 4.79 Å². The third-order valence-electron chi connectivity index (χ3n) is 3.14. The van der Waals surface area contributed by atoms with Gasteiger partial charge in [0.05, 0.1) is 22.5 Å². The van der Waals surface area contributed by atoms with E-state index < -0.39 is 0 Å². The van der Waals surface area contributed by atoms with Crippen molar-refractivity contribution in [2.75, 3.05) is 13.2 Å². The maximum absolute atomic E-state index is 11.4. The second kappa shape index (κ2) is 7.04. The molecule has 1 aliphatic heterocycles. The van der Waals surface area contributed by atoms with Crippen LogP contribution < -0.4 is 0 Å². The number of ether oxygens (including phenoxy) is 2. The Kier molecular flexibility index (Phi) is 5.37. The molecule has 1 aromatic heterocycles. The second-order valence-corrected chi connectivity index (χ2v) is 5.43. The molecular weight excluding hydrogens is 324 g/mol. The molecule has 1 fully saturated rings. The molecule has 0 radical (unpaired) electrons. The first-order valence-electron chi connectivity index (χ1n) is 6.84. The number of rotatable bonds is 4. The normalized spacial score (nSPS) is 19.4. The van der Waals surface area contributed by atoms with E-state index in [4.69, 9.17) is 9.47 Å². The predicted octanol–water partition coefficient (Wildman–Crippen LogP) is 3.23. The predicted molar refractivity (Wildman–Crippen MR) is 79.2 cm³/mol. The molecule has 1 unspecified atom stereocenters. The fourth-order valence-electron chi connectivity index (χ4n) is 2.17. The molecule has 6 heteroatoms. The second-order valence-electron chi connectivity index (χ2n) is 4.64. The number of nitrogens with zero attached hydrogens (tertiary/aromatic N) is 2. The lowest BCUT2D eigenvalue weighted by Gasteiger charge is -2.24. The highest BCUT2D eigenvalue weighted by atomic mass is 79.9. The van der Waals surface area contributed by atoms with Gasteiger partial charge in [-0.05, 0) is 55.1 Å². The first-order valence-corrected chi connectivity index (χ1v) is 7.63. The van der Waals surface area contributed by atoms with E-state index in [0.29, 0.717) is 6.61 Å². The number of aryl methyl sites for hydroxylation is 1. The number of aromatic nitrogens is 2. The summed E-state index contributed by atoms with van der Waals surface area (Å²) in [6.45, 7) is 4.83. The van der Waals surface area contributed by atoms with Crippen LogP contribution in [0.15, 0.2) is 10.5 Å². The van der Waals surface area contributed by atoms with Crippen LogP contribution in [0.5, 0.6) is 0 Å². The van der Waals surface area contributed by atoms with E-state index >= 15 is 0 Å². The highest BCUT2D eigenvalue weighted by Crippen LogP contribution is 2.29. The lowest BCUT2D eigenvalue weighted by atomic mass is 10.2. The maximum atomic E-state index is 11.4. The van der Waals surface area contributed by atoms with E-state index in [1.54, 1.807) is 13.0 Å². The van der Waals surface area contributed by atoms with Gasteiger partial charge in [0.1, 0.15) is 0 Å². The molecule has 1 atom stereocenters. The lowest BCUT2D eigenvalue weighted by molar-refractivity contribution is -0.137. The Balaban J connectivity index is 2.24. The monoisotopic (exact) mass is 342 g/mol. The zero-order chi connectivity index (χ0) is 14.5. The molecule has 20 heavy (non-hydrogen) atoms. The molecule has 2 heterocycles. The van der Waals surface area contributed by atoms with Crippen molar-refractivity contribution in [1.29, 1.82) is 0 Å². The Bertz CT molecular complexity index is 505. The van der Waals surface area contributed by atoms with Crippen LogP contribution in [-0.4, -0.2) is 29.0 Å². The molecule has 0 spiro atoms. The number of hydrogen-bond donors (Lipinski definition) is 0. The summed E-state index contributed by atoms with van der Waals surface area (Å²) in [5, 5.41) is 4.50. The summed E-state index contributed by atoms with van der Waals surface area (Å²) in [5.41, 5.74) is 1.71. The van der Waals surface area contributed by atoms with Gasteiger partial charge < -0.3 is 9.47 Å². The highest BCUT2D eigenvalue weighted by molar-refractivity contribution is 9.10. The molecule has 0 amide bonds. The van der Waals surface area contributed by atoms with Crippen molar-refractivity contribution >= 4 is 28.0 Å². The van der Waals surface area contributed by atoms with Crippen LogP contribution in [0, 0.1) is 6.92 Å². The average Bonchev–Trinajstić information content (AvgIpc) is 2.74. The van der Waals surface area contributed by atoms with Crippen LogP contribution in [0.2, 0.25) is 0 Å². The summed E-state index contributed by atoms with van der Waals surface area (Å²) in [6.07, 6.45) is 6.24. The summed E-state index contributed by atoms with van der Waals surface area (Å²) >= 11 is 3.51. The molecule has 0 aromatic carbocycles. The third-order valence-corrected chi connectivity index (χ3v) is 4.12. The Morgan fingerprint density at radius 1 is 1.60 bits per heavy atom. The zero-order valence-corrected chi connectivity index (χ0v) is 13.4. The lowest BCUT2D eigenvalue weighted by Crippen LogP contribution is -2.20. The SMILES string of the molecule is CCOC(=O)/C=C/c1c(Br)c(C)nn1C1CCCCO1. The smallest absolute Gasteiger partial charge is 0.330 e. The molecule has 2 rings (SSSR count). The topological polar surface area (TPSA) is 53.3 Å². The minimum absolute atomic E-state index is 0.0596. The van der Waals surface area contributed by atoms with E-state index in [-0.39, 0.29) is 12.2 Å². The van der Waals surface area contributed by atoms with Gasteiger partial charge in [0.2, 0.25) is 0 Å². The summed E-state index contributed by atoms with van der Waals surface area (Å²) in [5.74, 6) is -0.352. The van der Waals surface area contributed by atoms with E-state index in [0.717, 1.165) is 41.7 Å². The molecular formula is C14H19BrN2O3. The van der Waals surface area contributed by atoms with Crippen LogP contribution in [0.3, 0.4) is 0 Å². The molecule has 110 valence electrons. The largest absolute Gasteiger partial charge is 0.463 e. The number of carbonyl (C=O) groups excluding carboxylic acids is 1. The van der Waals surface area contributed by atoms with Crippen molar-refractivity contribution in [3.8, 4) is 0 Å². The number of carbonyl (C=O) groups is 1. The summed E-state index contributed by atoms with van der Waals surface area (Å²) in [4.78, 5) is 11.4. The van der Waals surface area contributed by atoms with E-state index in [1.165, 1.54) is 6.08 Å². The van der Waals surface area contributed by atoms with Crippen LogP contribution >= 0.6 is 15.9 Å². The molecule has 1 aromatic rings. The van der Waals surface area contributed by atoms with Gasteiger partial charge in [0.25, 0.3) is 0 Å². The van der Waals surface area contributed by atoms with Gasteiger partial charge in [0, 0.05) is 12.7 Å². The van der Waals surface area contributed by atoms with Crippen molar-refractivity contribution in [2.45, 2.75) is 39.3 Å². The first kappa shape index (κ1) is 15.3. The molecule has 0 saturated carbocycles. The number of hydrogen-bond acceptors (Lipinski definition) is 4. The van der Waals surface area contributed by atoms with Crippen molar-refractivity contribution in [3.05, 3.63) is 21.9 Å². The Hall–Kier alpha value is -1.14.